The Hall–Kier alpha value is -0.340. The van der Waals surface area contributed by atoms with E-state index in [0.29, 0.717) is 12.1 Å². The van der Waals surface area contributed by atoms with Gasteiger partial charge in [-0.1, -0.05) is 18.6 Å². The summed E-state index contributed by atoms with van der Waals surface area (Å²) in [6.07, 6.45) is 4.06. The van der Waals surface area contributed by atoms with Gasteiger partial charge in [-0.2, -0.15) is 0 Å². The fourth-order valence-corrected chi connectivity index (χ4v) is 2.17. The van der Waals surface area contributed by atoms with Gasteiger partial charge >= 0.3 is 0 Å². The second-order valence-electron chi connectivity index (χ2n) is 5.13. The van der Waals surface area contributed by atoms with E-state index in [1.807, 2.05) is 0 Å². The van der Waals surface area contributed by atoms with Crippen LogP contribution in [-0.2, 0) is 0 Å². The van der Waals surface area contributed by atoms with Crippen LogP contribution >= 0.6 is 0 Å². The van der Waals surface area contributed by atoms with Crippen molar-refractivity contribution in [1.82, 2.24) is 10.2 Å². The van der Waals surface area contributed by atoms with Crippen LogP contribution < -0.4 is 5.32 Å². The van der Waals surface area contributed by atoms with E-state index in [2.05, 4.69) is 37.6 Å². The normalized spacial score (nSPS) is 22.3. The summed E-state index contributed by atoms with van der Waals surface area (Å²) < 4.78 is 0. The van der Waals surface area contributed by atoms with Crippen LogP contribution in [0.5, 0.6) is 0 Å². The van der Waals surface area contributed by atoms with Gasteiger partial charge in [-0.15, -0.1) is 0 Å². The minimum atomic E-state index is 0.616. The summed E-state index contributed by atoms with van der Waals surface area (Å²) in [7, 11) is 0. The third-order valence-corrected chi connectivity index (χ3v) is 3.07. The molecule has 1 N–H and O–H groups in total. The van der Waals surface area contributed by atoms with Crippen LogP contribution in [0.25, 0.3) is 0 Å². The highest BCUT2D eigenvalue weighted by molar-refractivity contribution is 4.93. The topological polar surface area (TPSA) is 15.3 Å². The number of nitrogens with one attached hydrogen (secondary N) is 1. The molecule has 1 heterocycles. The van der Waals surface area contributed by atoms with E-state index in [0.717, 1.165) is 6.54 Å². The smallest absolute Gasteiger partial charge is 0.0195 e. The summed E-state index contributed by atoms with van der Waals surface area (Å²) in [5.41, 5.74) is 1.26. The van der Waals surface area contributed by atoms with Crippen LogP contribution in [0, 0.1) is 0 Å². The quantitative estimate of drug-likeness (QED) is 0.701. The van der Waals surface area contributed by atoms with Crippen molar-refractivity contribution < 1.29 is 0 Å². The van der Waals surface area contributed by atoms with Gasteiger partial charge in [0.05, 0.1) is 0 Å². The summed E-state index contributed by atoms with van der Waals surface area (Å²) in [6.45, 7) is 14.1. The summed E-state index contributed by atoms with van der Waals surface area (Å²) in [5, 5.41) is 3.61. The molecule has 0 bridgehead atoms. The molecule has 15 heavy (non-hydrogen) atoms. The van der Waals surface area contributed by atoms with Crippen molar-refractivity contribution in [3.05, 3.63) is 12.2 Å². The lowest BCUT2D eigenvalue weighted by molar-refractivity contribution is 0.199. The second-order valence-corrected chi connectivity index (χ2v) is 5.13. The van der Waals surface area contributed by atoms with Crippen molar-refractivity contribution >= 4 is 0 Å². The van der Waals surface area contributed by atoms with E-state index < -0.39 is 0 Å². The van der Waals surface area contributed by atoms with Crippen LogP contribution in [0.2, 0.25) is 0 Å². The van der Waals surface area contributed by atoms with Gasteiger partial charge in [-0.3, -0.25) is 4.90 Å². The summed E-state index contributed by atoms with van der Waals surface area (Å²) >= 11 is 0. The molecule has 0 aliphatic carbocycles. The standard InChI is InChI=1S/C13H26N2/c1-11(2)9-15(12(3)4)10-13-7-5-6-8-14-13/h12-14H,1,5-10H2,2-4H3. The van der Waals surface area contributed by atoms with Crippen LogP contribution in [0.1, 0.15) is 40.0 Å². The summed E-state index contributed by atoms with van der Waals surface area (Å²) in [5.74, 6) is 0. The van der Waals surface area contributed by atoms with Gasteiger partial charge in [-0.05, 0) is 40.2 Å². The first-order chi connectivity index (χ1) is 7.09. The molecule has 1 atom stereocenters. The highest BCUT2D eigenvalue weighted by Crippen LogP contribution is 2.11. The molecule has 1 fully saturated rings. The minimum Gasteiger partial charge on any atom is -0.313 e. The number of hydrogen-bond donors (Lipinski definition) is 1. The highest BCUT2D eigenvalue weighted by Gasteiger charge is 2.18. The molecule has 2 heteroatoms. The van der Waals surface area contributed by atoms with E-state index in [-0.39, 0.29) is 0 Å². The van der Waals surface area contributed by atoms with E-state index >= 15 is 0 Å². The first kappa shape index (κ1) is 12.7. The number of piperidine rings is 1. The van der Waals surface area contributed by atoms with E-state index in [4.69, 9.17) is 0 Å². The van der Waals surface area contributed by atoms with Gasteiger partial charge in [0.15, 0.2) is 0 Å². The zero-order valence-corrected chi connectivity index (χ0v) is 10.6. The largest absolute Gasteiger partial charge is 0.313 e. The Labute approximate surface area is 94.7 Å². The van der Waals surface area contributed by atoms with Crippen molar-refractivity contribution in [1.29, 1.82) is 0 Å². The molecule has 0 aromatic carbocycles. The second kappa shape index (κ2) is 6.29. The van der Waals surface area contributed by atoms with Gasteiger partial charge in [0.25, 0.3) is 0 Å². The maximum atomic E-state index is 4.01. The Morgan fingerprint density at radius 1 is 1.47 bits per heavy atom. The van der Waals surface area contributed by atoms with Crippen molar-refractivity contribution in [3.63, 3.8) is 0 Å². The molecule has 0 aromatic rings. The molecular formula is C13H26N2. The van der Waals surface area contributed by atoms with E-state index in [9.17, 15) is 0 Å². The Morgan fingerprint density at radius 3 is 2.67 bits per heavy atom. The van der Waals surface area contributed by atoms with E-state index in [1.54, 1.807) is 0 Å². The maximum absolute atomic E-state index is 4.01. The third-order valence-electron chi connectivity index (χ3n) is 3.07. The van der Waals surface area contributed by atoms with Crippen molar-refractivity contribution in [3.8, 4) is 0 Å². The van der Waals surface area contributed by atoms with Gasteiger partial charge in [0.1, 0.15) is 0 Å². The van der Waals surface area contributed by atoms with Crippen LogP contribution in [0.15, 0.2) is 12.2 Å². The Morgan fingerprint density at radius 2 is 2.20 bits per heavy atom. The van der Waals surface area contributed by atoms with Gasteiger partial charge < -0.3 is 5.32 Å². The monoisotopic (exact) mass is 210 g/mol. The molecule has 0 saturated carbocycles. The molecule has 1 unspecified atom stereocenters. The van der Waals surface area contributed by atoms with Crippen LogP contribution in [0.3, 0.4) is 0 Å². The zero-order valence-electron chi connectivity index (χ0n) is 10.6. The fraction of sp³-hybridized carbons (Fsp3) is 0.846. The molecule has 1 rings (SSSR count). The van der Waals surface area contributed by atoms with E-state index in [1.165, 1.54) is 37.9 Å². The Kier molecular flexibility index (Phi) is 5.34. The van der Waals surface area contributed by atoms with Crippen LogP contribution in [-0.4, -0.2) is 36.6 Å². The molecule has 1 aliphatic heterocycles. The Balaban J connectivity index is 2.38. The van der Waals surface area contributed by atoms with Gasteiger partial charge in [0, 0.05) is 25.2 Å². The molecule has 0 amide bonds. The third kappa shape index (κ3) is 4.80. The molecule has 0 spiro atoms. The molecule has 0 radical (unpaired) electrons. The van der Waals surface area contributed by atoms with Crippen LogP contribution in [0.4, 0.5) is 0 Å². The minimum absolute atomic E-state index is 0.616. The number of nitrogens with zero attached hydrogens (tertiary/aromatic N) is 1. The van der Waals surface area contributed by atoms with Crippen molar-refractivity contribution in [2.45, 2.75) is 52.1 Å². The average molecular weight is 210 g/mol. The maximum Gasteiger partial charge on any atom is 0.0195 e. The summed E-state index contributed by atoms with van der Waals surface area (Å²) in [6, 6.07) is 1.31. The van der Waals surface area contributed by atoms with Gasteiger partial charge in [0.2, 0.25) is 0 Å². The molecule has 1 saturated heterocycles. The summed E-state index contributed by atoms with van der Waals surface area (Å²) in [4.78, 5) is 2.52. The number of hydrogen-bond acceptors (Lipinski definition) is 2. The number of rotatable bonds is 5. The first-order valence-electron chi connectivity index (χ1n) is 6.21. The predicted octanol–water partition coefficient (Wildman–Crippen LogP) is 2.42. The molecule has 1 aliphatic rings. The molecular weight excluding hydrogens is 184 g/mol. The molecule has 0 aromatic heterocycles. The lowest BCUT2D eigenvalue weighted by Gasteiger charge is -2.33. The SMILES string of the molecule is C=C(C)CN(CC1CCCCN1)C(C)C. The lowest BCUT2D eigenvalue weighted by atomic mass is 10.0. The molecule has 2 nitrogen and oxygen atoms in total. The molecule has 88 valence electrons. The Bertz CT molecular complexity index is 193. The first-order valence-corrected chi connectivity index (χ1v) is 6.21. The fourth-order valence-electron chi connectivity index (χ4n) is 2.17. The zero-order chi connectivity index (χ0) is 11.3. The van der Waals surface area contributed by atoms with Gasteiger partial charge in [-0.25, -0.2) is 0 Å². The average Bonchev–Trinajstić information content (AvgIpc) is 2.17. The predicted molar refractivity (Wildman–Crippen MR) is 67.2 cm³/mol. The van der Waals surface area contributed by atoms with Crippen molar-refractivity contribution in [2.75, 3.05) is 19.6 Å². The highest BCUT2D eigenvalue weighted by atomic mass is 15.2. The van der Waals surface area contributed by atoms with Crippen molar-refractivity contribution in [2.24, 2.45) is 0 Å². The lowest BCUT2D eigenvalue weighted by Crippen LogP contribution is -2.46.